The number of amides is 1. The topological polar surface area (TPSA) is 41.6 Å². The first-order chi connectivity index (χ1) is 9.74. The van der Waals surface area contributed by atoms with Crippen molar-refractivity contribution >= 4 is 6.09 Å². The normalized spacial score (nSPS) is 15.8. The van der Waals surface area contributed by atoms with Crippen LogP contribution < -0.4 is 5.32 Å². The first kappa shape index (κ1) is 15.8. The van der Waals surface area contributed by atoms with Crippen molar-refractivity contribution in [1.29, 1.82) is 0 Å². The summed E-state index contributed by atoms with van der Waals surface area (Å²) in [6.45, 7) is 9.45. The molecule has 21 heavy (non-hydrogen) atoms. The summed E-state index contributed by atoms with van der Waals surface area (Å²) in [4.78, 5) is 13.5. The number of halogens is 1. The number of likely N-dealkylation sites (tertiary alicyclic amines) is 1. The largest absolute Gasteiger partial charge is 0.444 e. The Morgan fingerprint density at radius 3 is 2.67 bits per heavy atom. The van der Waals surface area contributed by atoms with Gasteiger partial charge in [0.25, 0.3) is 0 Å². The number of aryl methyl sites for hydroxylation is 1. The van der Waals surface area contributed by atoms with Gasteiger partial charge < -0.3 is 15.0 Å². The lowest BCUT2D eigenvalue weighted by Crippen LogP contribution is -2.60. The van der Waals surface area contributed by atoms with Crippen molar-refractivity contribution in [2.45, 2.75) is 45.9 Å². The molecule has 0 atom stereocenters. The first-order valence-electron chi connectivity index (χ1n) is 7.21. The molecule has 1 aliphatic heterocycles. The Bertz CT molecular complexity index is 519. The standard InChI is InChI=1S/C16H23FN2O2/c1-11-7-13(17)6-5-12(11)8-18-14-9-19(10-14)15(20)21-16(2,3)4/h5-7,14,18H,8-10H2,1-4H3. The number of carbonyl (C=O) groups is 1. The third-order valence-electron chi connectivity index (χ3n) is 3.42. The van der Waals surface area contributed by atoms with E-state index in [0.717, 1.165) is 11.1 Å². The molecule has 0 aromatic heterocycles. The van der Waals surface area contributed by atoms with Gasteiger partial charge in [0.15, 0.2) is 0 Å². The fourth-order valence-corrected chi connectivity index (χ4v) is 2.20. The minimum absolute atomic E-state index is 0.212. The van der Waals surface area contributed by atoms with Crippen LogP contribution in [0.15, 0.2) is 18.2 Å². The van der Waals surface area contributed by atoms with E-state index in [4.69, 9.17) is 4.74 Å². The Morgan fingerprint density at radius 2 is 2.10 bits per heavy atom. The molecule has 1 N–H and O–H groups in total. The van der Waals surface area contributed by atoms with E-state index in [9.17, 15) is 9.18 Å². The summed E-state index contributed by atoms with van der Waals surface area (Å²) in [6.07, 6.45) is -0.265. The molecule has 1 aromatic carbocycles. The van der Waals surface area contributed by atoms with Crippen molar-refractivity contribution in [3.05, 3.63) is 35.1 Å². The molecule has 5 heteroatoms. The fraction of sp³-hybridized carbons (Fsp3) is 0.562. The van der Waals surface area contributed by atoms with Crippen LogP contribution in [0.5, 0.6) is 0 Å². The van der Waals surface area contributed by atoms with Gasteiger partial charge in [-0.25, -0.2) is 9.18 Å². The quantitative estimate of drug-likeness (QED) is 0.932. The second-order valence-electron chi connectivity index (χ2n) is 6.53. The Hall–Kier alpha value is -1.62. The SMILES string of the molecule is Cc1cc(F)ccc1CNC1CN(C(=O)OC(C)(C)C)C1. The van der Waals surface area contributed by atoms with Crippen LogP contribution in [-0.4, -0.2) is 35.7 Å². The van der Waals surface area contributed by atoms with E-state index >= 15 is 0 Å². The van der Waals surface area contributed by atoms with Gasteiger partial charge in [0.1, 0.15) is 11.4 Å². The van der Waals surface area contributed by atoms with Gasteiger partial charge in [-0.05, 0) is 51.0 Å². The maximum atomic E-state index is 13.0. The van der Waals surface area contributed by atoms with Gasteiger partial charge in [0.05, 0.1) is 0 Å². The second kappa shape index (κ2) is 6.02. The summed E-state index contributed by atoms with van der Waals surface area (Å²) in [5.74, 6) is -0.212. The summed E-state index contributed by atoms with van der Waals surface area (Å²) in [5.41, 5.74) is 1.55. The molecule has 0 bridgehead atoms. The van der Waals surface area contributed by atoms with Crippen molar-refractivity contribution in [2.75, 3.05) is 13.1 Å². The van der Waals surface area contributed by atoms with Crippen LogP contribution in [-0.2, 0) is 11.3 Å². The third kappa shape index (κ3) is 4.43. The zero-order chi connectivity index (χ0) is 15.6. The van der Waals surface area contributed by atoms with Gasteiger partial charge in [0.2, 0.25) is 0 Å². The van der Waals surface area contributed by atoms with E-state index in [1.165, 1.54) is 12.1 Å². The zero-order valence-electron chi connectivity index (χ0n) is 13.1. The summed E-state index contributed by atoms with van der Waals surface area (Å²) < 4.78 is 18.3. The molecule has 4 nitrogen and oxygen atoms in total. The molecule has 0 saturated carbocycles. The van der Waals surface area contributed by atoms with E-state index in [1.54, 1.807) is 11.0 Å². The zero-order valence-corrected chi connectivity index (χ0v) is 13.1. The Kier molecular flexibility index (Phi) is 4.52. The van der Waals surface area contributed by atoms with E-state index in [2.05, 4.69) is 5.32 Å². The summed E-state index contributed by atoms with van der Waals surface area (Å²) in [6, 6.07) is 5.06. The van der Waals surface area contributed by atoms with Gasteiger partial charge >= 0.3 is 6.09 Å². The smallest absolute Gasteiger partial charge is 0.410 e. The van der Waals surface area contributed by atoms with Gasteiger partial charge in [-0.3, -0.25) is 0 Å². The van der Waals surface area contributed by atoms with E-state index in [-0.39, 0.29) is 18.0 Å². The number of ether oxygens (including phenoxy) is 1. The minimum atomic E-state index is -0.458. The highest BCUT2D eigenvalue weighted by atomic mass is 19.1. The van der Waals surface area contributed by atoms with Crippen LogP contribution in [0.25, 0.3) is 0 Å². The van der Waals surface area contributed by atoms with E-state index in [1.807, 2.05) is 27.7 Å². The van der Waals surface area contributed by atoms with Crippen LogP contribution in [0.2, 0.25) is 0 Å². The molecule has 0 spiro atoms. The molecule has 1 aliphatic rings. The highest BCUT2D eigenvalue weighted by molar-refractivity contribution is 5.69. The summed E-state index contributed by atoms with van der Waals surface area (Å²) in [7, 11) is 0. The highest BCUT2D eigenvalue weighted by Gasteiger charge is 2.33. The van der Waals surface area contributed by atoms with Gasteiger partial charge in [0, 0.05) is 25.7 Å². The lowest BCUT2D eigenvalue weighted by Gasteiger charge is -2.40. The minimum Gasteiger partial charge on any atom is -0.444 e. The van der Waals surface area contributed by atoms with Crippen molar-refractivity contribution in [3.63, 3.8) is 0 Å². The van der Waals surface area contributed by atoms with Gasteiger partial charge in [-0.15, -0.1) is 0 Å². The van der Waals surface area contributed by atoms with Crippen molar-refractivity contribution in [1.82, 2.24) is 10.2 Å². The van der Waals surface area contributed by atoms with Gasteiger partial charge in [-0.2, -0.15) is 0 Å². The highest BCUT2D eigenvalue weighted by Crippen LogP contribution is 2.16. The fourth-order valence-electron chi connectivity index (χ4n) is 2.20. The van der Waals surface area contributed by atoms with Crippen LogP contribution in [0, 0.1) is 12.7 Å². The number of benzene rings is 1. The van der Waals surface area contributed by atoms with Crippen molar-refractivity contribution in [2.24, 2.45) is 0 Å². The predicted octanol–water partition coefficient (Wildman–Crippen LogP) is 2.84. The predicted molar refractivity (Wildman–Crippen MR) is 79.6 cm³/mol. The Labute approximate surface area is 125 Å². The van der Waals surface area contributed by atoms with Crippen molar-refractivity contribution < 1.29 is 13.9 Å². The molecule has 0 radical (unpaired) electrons. The molecule has 1 amide bonds. The number of nitrogens with one attached hydrogen (secondary N) is 1. The summed E-state index contributed by atoms with van der Waals surface area (Å²) in [5, 5.41) is 3.37. The maximum absolute atomic E-state index is 13.0. The molecule has 1 saturated heterocycles. The molecule has 1 heterocycles. The number of hydrogen-bond acceptors (Lipinski definition) is 3. The van der Waals surface area contributed by atoms with Crippen LogP contribution in [0.1, 0.15) is 31.9 Å². The number of hydrogen-bond donors (Lipinski definition) is 1. The monoisotopic (exact) mass is 294 g/mol. The average molecular weight is 294 g/mol. The maximum Gasteiger partial charge on any atom is 0.410 e. The number of carbonyl (C=O) groups excluding carboxylic acids is 1. The van der Waals surface area contributed by atoms with Crippen LogP contribution >= 0.6 is 0 Å². The lowest BCUT2D eigenvalue weighted by atomic mass is 10.1. The lowest BCUT2D eigenvalue weighted by molar-refractivity contribution is 0.00518. The Balaban J connectivity index is 1.75. The molecular weight excluding hydrogens is 271 g/mol. The second-order valence-corrected chi connectivity index (χ2v) is 6.53. The third-order valence-corrected chi connectivity index (χ3v) is 3.42. The van der Waals surface area contributed by atoms with Crippen molar-refractivity contribution in [3.8, 4) is 0 Å². The molecule has 1 aromatic rings. The number of nitrogens with zero attached hydrogens (tertiary/aromatic N) is 1. The summed E-state index contributed by atoms with van der Waals surface area (Å²) >= 11 is 0. The molecule has 116 valence electrons. The first-order valence-corrected chi connectivity index (χ1v) is 7.21. The molecule has 1 fully saturated rings. The van der Waals surface area contributed by atoms with Crippen LogP contribution in [0.3, 0.4) is 0 Å². The number of rotatable bonds is 3. The Morgan fingerprint density at radius 1 is 1.43 bits per heavy atom. The van der Waals surface area contributed by atoms with Crippen LogP contribution in [0.4, 0.5) is 9.18 Å². The van der Waals surface area contributed by atoms with Gasteiger partial charge in [-0.1, -0.05) is 6.07 Å². The molecular formula is C16H23FN2O2. The molecule has 0 unspecified atom stereocenters. The van der Waals surface area contributed by atoms with E-state index in [0.29, 0.717) is 19.6 Å². The molecule has 2 rings (SSSR count). The average Bonchev–Trinajstić information content (AvgIpc) is 2.27. The molecule has 0 aliphatic carbocycles. The van der Waals surface area contributed by atoms with E-state index < -0.39 is 5.60 Å².